The van der Waals surface area contributed by atoms with Gasteiger partial charge in [0.1, 0.15) is 0 Å². The van der Waals surface area contributed by atoms with Crippen LogP contribution in [0.2, 0.25) is 0 Å². The Labute approximate surface area is 171 Å². The lowest BCUT2D eigenvalue weighted by atomic mass is 10.1. The molecule has 0 aliphatic carbocycles. The normalized spacial score (nSPS) is 10.9. The Balaban J connectivity index is 1.76. The molecule has 2 aromatic carbocycles. The Morgan fingerprint density at radius 2 is 1.69 bits per heavy atom. The molecule has 0 spiro atoms. The van der Waals surface area contributed by atoms with Crippen LogP contribution in [0.4, 0.5) is 10.8 Å². The molecule has 1 aromatic heterocycles. The summed E-state index contributed by atoms with van der Waals surface area (Å²) in [6.07, 6.45) is 0. The average molecular weight is 431 g/mol. The maximum atomic E-state index is 12.6. The van der Waals surface area contributed by atoms with Gasteiger partial charge in [-0.25, -0.2) is 0 Å². The minimum absolute atomic E-state index is 0.0618. The molecule has 0 saturated heterocycles. The molecular formula is C18H17N5O4S2. The summed E-state index contributed by atoms with van der Waals surface area (Å²) in [5, 5.41) is 12.4. The largest absolute Gasteiger partial charge is 0.348 e. The zero-order valence-electron chi connectivity index (χ0n) is 15.2. The zero-order valence-corrected chi connectivity index (χ0v) is 16.9. The highest BCUT2D eigenvalue weighted by molar-refractivity contribution is 7.94. The summed E-state index contributed by atoms with van der Waals surface area (Å²) < 4.78 is 27.2. The van der Waals surface area contributed by atoms with Crippen LogP contribution in [0.5, 0.6) is 0 Å². The number of sulfonamides is 1. The lowest BCUT2D eigenvalue weighted by Crippen LogP contribution is -2.25. The molecule has 150 valence electrons. The number of nitrogens with zero attached hydrogens (tertiary/aromatic N) is 2. The molecule has 9 nitrogen and oxygen atoms in total. The first-order valence-electron chi connectivity index (χ1n) is 8.40. The number of rotatable bonds is 7. The van der Waals surface area contributed by atoms with Gasteiger partial charge in [0, 0.05) is 13.5 Å². The summed E-state index contributed by atoms with van der Waals surface area (Å²) >= 11 is 0.704. The van der Waals surface area contributed by atoms with Crippen molar-refractivity contribution in [1.82, 2.24) is 15.5 Å². The van der Waals surface area contributed by atoms with Gasteiger partial charge in [0.25, 0.3) is 20.3 Å². The molecule has 2 amide bonds. The molecule has 0 radical (unpaired) electrons. The Kier molecular flexibility index (Phi) is 6.20. The van der Waals surface area contributed by atoms with Crippen LogP contribution in [0.1, 0.15) is 22.8 Å². The Morgan fingerprint density at radius 1 is 1.00 bits per heavy atom. The highest BCUT2D eigenvalue weighted by Gasteiger charge is 2.23. The number of para-hydroxylation sites is 1. The number of amides is 2. The van der Waals surface area contributed by atoms with Crippen molar-refractivity contribution in [3.05, 3.63) is 65.7 Å². The number of hydrogen-bond donors (Lipinski definition) is 3. The number of nitrogens with one attached hydrogen (secondary N) is 3. The van der Waals surface area contributed by atoms with Crippen LogP contribution in [-0.2, 0) is 21.4 Å². The molecule has 3 aromatic rings. The van der Waals surface area contributed by atoms with E-state index in [4.69, 9.17) is 0 Å². The fourth-order valence-electron chi connectivity index (χ4n) is 2.35. The Bertz CT molecular complexity index is 1130. The minimum atomic E-state index is -4.09. The van der Waals surface area contributed by atoms with Gasteiger partial charge >= 0.3 is 0 Å². The van der Waals surface area contributed by atoms with Crippen molar-refractivity contribution in [2.75, 3.05) is 10.0 Å². The van der Waals surface area contributed by atoms with Gasteiger partial charge in [-0.1, -0.05) is 53.8 Å². The van der Waals surface area contributed by atoms with Gasteiger partial charge in [0.2, 0.25) is 11.0 Å². The van der Waals surface area contributed by atoms with Crippen LogP contribution in [0, 0.1) is 0 Å². The molecule has 11 heteroatoms. The van der Waals surface area contributed by atoms with E-state index < -0.39 is 21.8 Å². The van der Waals surface area contributed by atoms with Crippen molar-refractivity contribution in [3.8, 4) is 0 Å². The van der Waals surface area contributed by atoms with E-state index in [0.29, 0.717) is 17.9 Å². The standard InChI is InChI=1S/C18H17N5O4S2/c1-12(24)20-17-21-22-18(28-17)29(26,27)23-15-10-6-5-9-14(15)16(25)19-11-13-7-3-2-4-8-13/h2-10,23H,11H2,1H3,(H,19,25)(H,20,21,24). The molecule has 3 N–H and O–H groups in total. The van der Waals surface area contributed by atoms with Crippen molar-refractivity contribution in [2.45, 2.75) is 17.8 Å². The molecule has 0 unspecified atom stereocenters. The summed E-state index contributed by atoms with van der Waals surface area (Å²) in [4.78, 5) is 23.6. The molecule has 29 heavy (non-hydrogen) atoms. The third-order valence-electron chi connectivity index (χ3n) is 3.63. The van der Waals surface area contributed by atoms with Gasteiger partial charge in [-0.3, -0.25) is 14.3 Å². The lowest BCUT2D eigenvalue weighted by molar-refractivity contribution is -0.114. The molecule has 0 aliphatic rings. The van der Waals surface area contributed by atoms with E-state index in [1.54, 1.807) is 12.1 Å². The quantitative estimate of drug-likeness (QED) is 0.492. The second-order valence-corrected chi connectivity index (χ2v) is 8.71. The maximum absolute atomic E-state index is 12.6. The molecule has 0 aliphatic heterocycles. The second kappa shape index (κ2) is 8.80. The van der Waals surface area contributed by atoms with E-state index in [-0.39, 0.29) is 20.7 Å². The lowest BCUT2D eigenvalue weighted by Gasteiger charge is -2.11. The van der Waals surface area contributed by atoms with Crippen LogP contribution >= 0.6 is 11.3 Å². The van der Waals surface area contributed by atoms with E-state index in [2.05, 4.69) is 25.6 Å². The van der Waals surface area contributed by atoms with Crippen molar-refractivity contribution in [2.24, 2.45) is 0 Å². The summed E-state index contributed by atoms with van der Waals surface area (Å²) in [5.74, 6) is -0.818. The summed E-state index contributed by atoms with van der Waals surface area (Å²) in [5.41, 5.74) is 1.19. The Morgan fingerprint density at radius 3 is 2.41 bits per heavy atom. The van der Waals surface area contributed by atoms with Gasteiger partial charge in [-0.15, -0.1) is 10.2 Å². The summed E-state index contributed by atoms with van der Waals surface area (Å²) in [6.45, 7) is 1.58. The predicted octanol–water partition coefficient (Wildman–Crippen LogP) is 2.23. The van der Waals surface area contributed by atoms with Crippen LogP contribution in [0.15, 0.2) is 58.9 Å². The fourth-order valence-corrected chi connectivity index (χ4v) is 4.38. The Hall–Kier alpha value is -3.31. The van der Waals surface area contributed by atoms with Gasteiger partial charge in [-0.05, 0) is 17.7 Å². The molecule has 0 saturated carbocycles. The number of aromatic nitrogens is 2. The third-order valence-corrected chi connectivity index (χ3v) is 6.20. The highest BCUT2D eigenvalue weighted by atomic mass is 32.2. The van der Waals surface area contributed by atoms with Crippen LogP contribution in [0.3, 0.4) is 0 Å². The molecule has 0 fully saturated rings. The summed E-state index contributed by atoms with van der Waals surface area (Å²) in [7, 11) is -4.09. The van der Waals surface area contributed by atoms with Crippen molar-refractivity contribution >= 4 is 44.0 Å². The predicted molar refractivity (Wildman–Crippen MR) is 109 cm³/mol. The smallest absolute Gasteiger partial charge is 0.291 e. The number of anilines is 2. The van der Waals surface area contributed by atoms with E-state index in [0.717, 1.165) is 5.56 Å². The topological polar surface area (TPSA) is 130 Å². The first kappa shape index (κ1) is 20.4. The van der Waals surface area contributed by atoms with E-state index >= 15 is 0 Å². The second-order valence-electron chi connectivity index (χ2n) is 5.87. The van der Waals surface area contributed by atoms with Crippen molar-refractivity contribution in [3.63, 3.8) is 0 Å². The van der Waals surface area contributed by atoms with Gasteiger partial charge in [-0.2, -0.15) is 8.42 Å². The molecular weight excluding hydrogens is 414 g/mol. The zero-order chi connectivity index (χ0) is 20.9. The fraction of sp³-hybridized carbons (Fsp3) is 0.111. The third kappa shape index (κ3) is 5.36. The molecule has 0 bridgehead atoms. The maximum Gasteiger partial charge on any atom is 0.291 e. The van der Waals surface area contributed by atoms with Gasteiger partial charge in [0.05, 0.1) is 11.3 Å². The molecule has 0 atom stereocenters. The van der Waals surface area contributed by atoms with Gasteiger partial charge in [0.15, 0.2) is 0 Å². The number of carbonyl (C=O) groups is 2. The van der Waals surface area contributed by atoms with E-state index in [1.807, 2.05) is 30.3 Å². The first-order valence-corrected chi connectivity index (χ1v) is 10.7. The monoisotopic (exact) mass is 431 g/mol. The van der Waals surface area contributed by atoms with Crippen LogP contribution < -0.4 is 15.4 Å². The highest BCUT2D eigenvalue weighted by Crippen LogP contribution is 2.24. The number of benzene rings is 2. The minimum Gasteiger partial charge on any atom is -0.348 e. The molecule has 3 rings (SSSR count). The SMILES string of the molecule is CC(=O)Nc1nnc(S(=O)(=O)Nc2ccccc2C(=O)NCc2ccccc2)s1. The molecule has 1 heterocycles. The average Bonchev–Trinajstić information content (AvgIpc) is 3.16. The summed E-state index contributed by atoms with van der Waals surface area (Å²) in [6, 6.07) is 15.6. The van der Waals surface area contributed by atoms with Crippen molar-refractivity contribution in [1.29, 1.82) is 0 Å². The van der Waals surface area contributed by atoms with Crippen molar-refractivity contribution < 1.29 is 18.0 Å². The number of carbonyl (C=O) groups excluding carboxylic acids is 2. The van der Waals surface area contributed by atoms with Crippen LogP contribution in [0.25, 0.3) is 0 Å². The van der Waals surface area contributed by atoms with E-state index in [9.17, 15) is 18.0 Å². The number of hydrogen-bond acceptors (Lipinski definition) is 7. The first-order chi connectivity index (χ1) is 13.8. The van der Waals surface area contributed by atoms with E-state index in [1.165, 1.54) is 19.1 Å². The van der Waals surface area contributed by atoms with Crippen LogP contribution in [-0.4, -0.2) is 30.4 Å². The van der Waals surface area contributed by atoms with Gasteiger partial charge < -0.3 is 10.6 Å².